The summed E-state index contributed by atoms with van der Waals surface area (Å²) in [5, 5.41) is 21.5. The van der Waals surface area contributed by atoms with Crippen LogP contribution in [0.5, 0.6) is 0 Å². The number of amides is 1. The van der Waals surface area contributed by atoms with Gasteiger partial charge in [-0.15, -0.1) is 0 Å². The van der Waals surface area contributed by atoms with E-state index in [1.165, 1.54) is 0 Å². The second kappa shape index (κ2) is 7.40. The van der Waals surface area contributed by atoms with Gasteiger partial charge in [0.05, 0.1) is 5.92 Å². The molecule has 1 aliphatic carbocycles. The zero-order valence-electron chi connectivity index (χ0n) is 13.3. The van der Waals surface area contributed by atoms with Gasteiger partial charge in [-0.3, -0.25) is 14.6 Å². The van der Waals surface area contributed by atoms with Gasteiger partial charge in [0.15, 0.2) is 5.13 Å². The molecule has 0 aliphatic heterocycles. The molecule has 2 N–H and O–H groups in total. The molecule has 128 valence electrons. The molecule has 1 amide bonds. The minimum Gasteiger partial charge on any atom is -0.481 e. The number of hydrogen-bond donors (Lipinski definition) is 2. The summed E-state index contributed by atoms with van der Waals surface area (Å²) in [6.07, 6.45) is 5.58. The lowest BCUT2D eigenvalue weighted by Gasteiger charge is -2.25. The van der Waals surface area contributed by atoms with Gasteiger partial charge < -0.3 is 10.4 Å². The van der Waals surface area contributed by atoms with E-state index in [2.05, 4.69) is 21.4 Å². The van der Waals surface area contributed by atoms with Crippen molar-refractivity contribution in [2.75, 3.05) is 5.32 Å². The van der Waals surface area contributed by atoms with Gasteiger partial charge >= 0.3 is 5.97 Å². The van der Waals surface area contributed by atoms with Crippen molar-refractivity contribution < 1.29 is 14.7 Å². The van der Waals surface area contributed by atoms with E-state index in [1.807, 2.05) is 0 Å². The zero-order chi connectivity index (χ0) is 17.8. The van der Waals surface area contributed by atoms with Crippen LogP contribution >= 0.6 is 11.3 Å². The van der Waals surface area contributed by atoms with Gasteiger partial charge in [-0.05, 0) is 31.4 Å². The maximum absolute atomic E-state index is 12.4. The van der Waals surface area contributed by atoms with Crippen LogP contribution < -0.4 is 5.32 Å². The Hall–Kier alpha value is -2.79. The van der Waals surface area contributed by atoms with Crippen molar-refractivity contribution in [1.82, 2.24) is 9.97 Å². The lowest BCUT2D eigenvalue weighted by atomic mass is 9.81. The average Bonchev–Trinajstić information content (AvgIpc) is 3.05. The molecule has 2 heterocycles. The molecule has 0 spiro atoms. The molecule has 0 bridgehead atoms. The molecule has 1 fully saturated rings. The van der Waals surface area contributed by atoms with Gasteiger partial charge in [-0.2, -0.15) is 5.26 Å². The molecule has 1 aliphatic rings. The number of aliphatic carboxylic acids is 1. The number of carboxylic acids is 1. The Morgan fingerprint density at radius 2 is 2.16 bits per heavy atom. The van der Waals surface area contributed by atoms with Crippen LogP contribution in [0.2, 0.25) is 0 Å². The zero-order valence-corrected chi connectivity index (χ0v) is 14.1. The fourth-order valence-corrected chi connectivity index (χ4v) is 3.80. The number of rotatable bonds is 4. The third-order valence-electron chi connectivity index (χ3n) is 4.29. The van der Waals surface area contributed by atoms with Gasteiger partial charge in [0.25, 0.3) is 0 Å². The quantitative estimate of drug-likeness (QED) is 0.870. The van der Waals surface area contributed by atoms with Crippen LogP contribution in [0, 0.1) is 23.2 Å². The maximum atomic E-state index is 12.4. The van der Waals surface area contributed by atoms with Crippen LogP contribution in [0.4, 0.5) is 5.13 Å². The van der Waals surface area contributed by atoms with Crippen LogP contribution in [0.25, 0.3) is 11.3 Å². The number of carboxylic acid groups (broad SMARTS) is 1. The van der Waals surface area contributed by atoms with E-state index in [1.54, 1.807) is 24.5 Å². The van der Waals surface area contributed by atoms with E-state index < -0.39 is 11.9 Å². The van der Waals surface area contributed by atoms with E-state index >= 15 is 0 Å². The van der Waals surface area contributed by atoms with Crippen molar-refractivity contribution in [3.8, 4) is 17.3 Å². The van der Waals surface area contributed by atoms with Gasteiger partial charge in [-0.1, -0.05) is 17.8 Å². The van der Waals surface area contributed by atoms with Gasteiger partial charge in [0.1, 0.15) is 16.6 Å². The fraction of sp³-hybridized carbons (Fsp3) is 0.353. The van der Waals surface area contributed by atoms with E-state index in [0.717, 1.165) is 17.8 Å². The summed E-state index contributed by atoms with van der Waals surface area (Å²) < 4.78 is 0. The van der Waals surface area contributed by atoms with Gasteiger partial charge in [0.2, 0.25) is 5.91 Å². The minimum absolute atomic E-state index is 0.234. The van der Waals surface area contributed by atoms with Crippen LogP contribution in [-0.4, -0.2) is 27.0 Å². The number of carbonyl (C=O) groups excluding carboxylic acids is 1. The first-order valence-corrected chi connectivity index (χ1v) is 8.75. The lowest BCUT2D eigenvalue weighted by molar-refractivity contribution is -0.143. The van der Waals surface area contributed by atoms with Crippen LogP contribution in [-0.2, 0) is 9.59 Å². The summed E-state index contributed by atoms with van der Waals surface area (Å²) in [7, 11) is 0. The lowest BCUT2D eigenvalue weighted by Crippen LogP contribution is -2.30. The molecule has 7 nitrogen and oxygen atoms in total. The van der Waals surface area contributed by atoms with Crippen LogP contribution in [0.3, 0.4) is 0 Å². The third kappa shape index (κ3) is 3.83. The first-order chi connectivity index (χ1) is 12.1. The second-order valence-electron chi connectivity index (χ2n) is 5.94. The number of carbonyl (C=O) groups is 2. The highest BCUT2D eigenvalue weighted by Gasteiger charge is 2.31. The minimum atomic E-state index is -0.850. The van der Waals surface area contributed by atoms with Crippen molar-refractivity contribution in [2.24, 2.45) is 11.8 Å². The van der Waals surface area contributed by atoms with Crippen LogP contribution in [0.1, 0.15) is 30.6 Å². The highest BCUT2D eigenvalue weighted by Crippen LogP contribution is 2.33. The topological polar surface area (TPSA) is 116 Å². The average molecular weight is 356 g/mol. The number of nitrogens with zero attached hydrogens (tertiary/aromatic N) is 3. The molecule has 2 aromatic rings. The van der Waals surface area contributed by atoms with E-state index in [-0.39, 0.29) is 11.8 Å². The van der Waals surface area contributed by atoms with Crippen molar-refractivity contribution in [3.63, 3.8) is 0 Å². The van der Waals surface area contributed by atoms with Crippen molar-refractivity contribution in [2.45, 2.75) is 25.7 Å². The standard InChI is InChI=1S/C17H16N4O3S/c18-8-13-14(12-5-2-6-19-9-12)20-17(25-13)21-15(22)10-3-1-4-11(7-10)16(23)24/h2,5-6,9-11H,1,3-4,7H2,(H,23,24)(H,20,21,22)/t10-,11+/m1/s1. The summed E-state index contributed by atoms with van der Waals surface area (Å²) in [5.41, 5.74) is 1.20. The Morgan fingerprint density at radius 3 is 2.84 bits per heavy atom. The largest absolute Gasteiger partial charge is 0.481 e. The molecule has 25 heavy (non-hydrogen) atoms. The number of pyridine rings is 1. The molecule has 2 aromatic heterocycles. The predicted octanol–water partition coefficient (Wildman–Crippen LogP) is 2.91. The smallest absolute Gasteiger partial charge is 0.306 e. The predicted molar refractivity (Wildman–Crippen MR) is 91.8 cm³/mol. The number of thiazole rings is 1. The Balaban J connectivity index is 1.75. The Kier molecular flexibility index (Phi) is 5.05. The highest BCUT2D eigenvalue weighted by atomic mass is 32.1. The maximum Gasteiger partial charge on any atom is 0.306 e. The number of hydrogen-bond acceptors (Lipinski definition) is 6. The van der Waals surface area contributed by atoms with Crippen LogP contribution in [0.15, 0.2) is 24.5 Å². The Labute approximate surface area is 148 Å². The van der Waals surface area contributed by atoms with Crippen molar-refractivity contribution in [1.29, 1.82) is 5.26 Å². The SMILES string of the molecule is N#Cc1sc(NC(=O)[C@@H]2CCC[C@H](C(=O)O)C2)nc1-c1cccnc1. The van der Waals surface area contributed by atoms with E-state index in [4.69, 9.17) is 5.11 Å². The third-order valence-corrected chi connectivity index (χ3v) is 5.16. The normalized spacial score (nSPS) is 19.8. The highest BCUT2D eigenvalue weighted by molar-refractivity contribution is 7.16. The summed E-state index contributed by atoms with van der Waals surface area (Å²) in [4.78, 5) is 32.4. The fourth-order valence-electron chi connectivity index (χ4n) is 3.01. The molecular weight excluding hydrogens is 340 g/mol. The summed E-state index contributed by atoms with van der Waals surface area (Å²) in [6.45, 7) is 0. The monoisotopic (exact) mass is 356 g/mol. The molecule has 0 unspecified atom stereocenters. The molecule has 2 atom stereocenters. The molecule has 8 heteroatoms. The van der Waals surface area contributed by atoms with Gasteiger partial charge in [0, 0.05) is 23.9 Å². The van der Waals surface area contributed by atoms with Crippen molar-refractivity contribution >= 4 is 28.3 Å². The molecule has 0 saturated heterocycles. The van der Waals surface area contributed by atoms with Crippen molar-refractivity contribution in [3.05, 3.63) is 29.4 Å². The summed E-state index contributed by atoms with van der Waals surface area (Å²) >= 11 is 1.11. The summed E-state index contributed by atoms with van der Waals surface area (Å²) in [6, 6.07) is 5.64. The Bertz CT molecular complexity index is 828. The van der Waals surface area contributed by atoms with E-state index in [0.29, 0.717) is 40.5 Å². The molecule has 1 saturated carbocycles. The number of nitriles is 1. The number of nitrogens with one attached hydrogen (secondary N) is 1. The molecule has 3 rings (SSSR count). The first-order valence-electron chi connectivity index (χ1n) is 7.93. The van der Waals surface area contributed by atoms with Gasteiger partial charge in [-0.25, -0.2) is 4.98 Å². The number of anilines is 1. The molecule has 0 aromatic carbocycles. The summed E-state index contributed by atoms with van der Waals surface area (Å²) in [5.74, 6) is -1.90. The molecule has 0 radical (unpaired) electrons. The molecular formula is C17H16N4O3S. The Morgan fingerprint density at radius 1 is 1.36 bits per heavy atom. The first kappa shape index (κ1) is 17.0. The van der Waals surface area contributed by atoms with E-state index in [9.17, 15) is 14.9 Å². The number of aromatic nitrogens is 2. The second-order valence-corrected chi connectivity index (χ2v) is 6.94.